The maximum Gasteiger partial charge on any atom is 0.249 e. The Morgan fingerprint density at radius 3 is 2.75 bits per heavy atom. The van der Waals surface area contributed by atoms with E-state index in [1.807, 2.05) is 43.5 Å². The van der Waals surface area contributed by atoms with Gasteiger partial charge in [0.15, 0.2) is 9.84 Å². The van der Waals surface area contributed by atoms with Gasteiger partial charge in [-0.15, -0.1) is 11.3 Å². The first-order valence-electron chi connectivity index (χ1n) is 10.2. The lowest BCUT2D eigenvalue weighted by atomic mass is 10.2. The van der Waals surface area contributed by atoms with Gasteiger partial charge in [0, 0.05) is 17.5 Å². The van der Waals surface area contributed by atoms with Gasteiger partial charge in [0.05, 0.1) is 33.9 Å². The Hall–Kier alpha value is -2.98. The standard InChI is InChI=1S/C22H24N4O4S2/c1-15-11-21(26(25-15)19-9-10-32(28,29)14-19)24-22(27)8-5-17-3-6-20(7-4-17)30-12-18-13-31-16(2)23-18/h3-8,11,13,19H,9-10,12,14H2,1-2H3,(H,24,27). The molecule has 0 saturated carbocycles. The van der Waals surface area contributed by atoms with Crippen LogP contribution in [-0.2, 0) is 21.2 Å². The van der Waals surface area contributed by atoms with Gasteiger partial charge in [-0.05, 0) is 44.0 Å². The Morgan fingerprint density at radius 1 is 1.31 bits per heavy atom. The Kier molecular flexibility index (Phi) is 6.43. The van der Waals surface area contributed by atoms with Crippen molar-refractivity contribution in [2.24, 2.45) is 0 Å². The molecular formula is C22H24N4O4S2. The SMILES string of the molecule is Cc1cc(NC(=O)C=Cc2ccc(OCc3csc(C)n3)cc2)n(C2CCS(=O)(=O)C2)n1. The number of amides is 1. The first-order valence-corrected chi connectivity index (χ1v) is 12.9. The number of ether oxygens (including phenoxy) is 1. The number of carbonyl (C=O) groups is 1. The predicted octanol–water partition coefficient (Wildman–Crippen LogP) is 3.55. The zero-order valence-electron chi connectivity index (χ0n) is 17.8. The lowest BCUT2D eigenvalue weighted by Crippen LogP contribution is -2.18. The summed E-state index contributed by atoms with van der Waals surface area (Å²) in [6, 6.07) is 8.90. The lowest BCUT2D eigenvalue weighted by molar-refractivity contribution is -0.111. The molecule has 168 valence electrons. The normalized spacial score (nSPS) is 17.6. The van der Waals surface area contributed by atoms with E-state index < -0.39 is 9.84 Å². The fraction of sp³-hybridized carbons (Fsp3) is 0.318. The molecule has 1 N–H and O–H groups in total. The molecular weight excluding hydrogens is 448 g/mol. The van der Waals surface area contributed by atoms with Crippen molar-refractivity contribution in [2.45, 2.75) is 32.9 Å². The number of hydrogen-bond donors (Lipinski definition) is 1. The largest absolute Gasteiger partial charge is 0.487 e. The monoisotopic (exact) mass is 472 g/mol. The second kappa shape index (κ2) is 9.25. The van der Waals surface area contributed by atoms with Crippen molar-refractivity contribution >= 4 is 39.0 Å². The molecule has 1 amide bonds. The molecule has 0 bridgehead atoms. The van der Waals surface area contributed by atoms with E-state index in [9.17, 15) is 13.2 Å². The van der Waals surface area contributed by atoms with Crippen LogP contribution in [0.1, 0.15) is 34.4 Å². The van der Waals surface area contributed by atoms with Crippen LogP contribution in [0.15, 0.2) is 41.8 Å². The molecule has 1 aromatic carbocycles. The van der Waals surface area contributed by atoms with Gasteiger partial charge in [0.2, 0.25) is 5.91 Å². The third kappa shape index (κ3) is 5.63. The minimum Gasteiger partial charge on any atom is -0.487 e. The number of nitrogens with one attached hydrogen (secondary N) is 1. The van der Waals surface area contributed by atoms with Crippen LogP contribution in [-0.4, -0.2) is 40.6 Å². The second-order valence-electron chi connectivity index (χ2n) is 7.71. The fourth-order valence-corrected chi connectivity index (χ4v) is 5.79. The molecule has 1 aliphatic heterocycles. The molecule has 1 unspecified atom stereocenters. The van der Waals surface area contributed by atoms with Crippen molar-refractivity contribution in [3.63, 3.8) is 0 Å². The zero-order valence-corrected chi connectivity index (χ0v) is 19.4. The van der Waals surface area contributed by atoms with Gasteiger partial charge in [-0.3, -0.25) is 4.79 Å². The Morgan fingerprint density at radius 2 is 2.09 bits per heavy atom. The molecule has 3 aromatic rings. The molecule has 3 heterocycles. The van der Waals surface area contributed by atoms with Gasteiger partial charge < -0.3 is 10.1 Å². The average Bonchev–Trinajstić information content (AvgIpc) is 3.43. The number of aryl methyl sites for hydroxylation is 2. The number of sulfone groups is 1. The highest BCUT2D eigenvalue weighted by molar-refractivity contribution is 7.91. The second-order valence-corrected chi connectivity index (χ2v) is 11.0. The van der Waals surface area contributed by atoms with Crippen molar-refractivity contribution in [1.29, 1.82) is 0 Å². The first kappa shape index (κ1) is 22.2. The Balaban J connectivity index is 1.35. The Bertz CT molecular complexity index is 1240. The number of anilines is 1. The number of benzene rings is 1. The van der Waals surface area contributed by atoms with Gasteiger partial charge in [-0.2, -0.15) is 5.10 Å². The average molecular weight is 473 g/mol. The maximum atomic E-state index is 12.4. The highest BCUT2D eigenvalue weighted by atomic mass is 32.2. The summed E-state index contributed by atoms with van der Waals surface area (Å²) in [4.78, 5) is 16.8. The van der Waals surface area contributed by atoms with E-state index in [0.29, 0.717) is 18.8 Å². The maximum absolute atomic E-state index is 12.4. The lowest BCUT2D eigenvalue weighted by Gasteiger charge is -2.13. The van der Waals surface area contributed by atoms with E-state index in [2.05, 4.69) is 15.4 Å². The van der Waals surface area contributed by atoms with Crippen molar-refractivity contribution in [1.82, 2.24) is 14.8 Å². The van der Waals surface area contributed by atoms with Gasteiger partial charge >= 0.3 is 0 Å². The summed E-state index contributed by atoms with van der Waals surface area (Å²) in [5.41, 5.74) is 2.47. The summed E-state index contributed by atoms with van der Waals surface area (Å²) in [7, 11) is -3.05. The van der Waals surface area contributed by atoms with Crippen LogP contribution in [0, 0.1) is 13.8 Å². The zero-order chi connectivity index (χ0) is 22.7. The highest BCUT2D eigenvalue weighted by Crippen LogP contribution is 2.27. The van der Waals surface area contributed by atoms with E-state index >= 15 is 0 Å². The third-order valence-electron chi connectivity index (χ3n) is 5.02. The minimum absolute atomic E-state index is 0.0450. The van der Waals surface area contributed by atoms with Gasteiger partial charge in [-0.25, -0.2) is 18.1 Å². The smallest absolute Gasteiger partial charge is 0.249 e. The van der Waals surface area contributed by atoms with Gasteiger partial charge in [0.1, 0.15) is 18.2 Å². The number of hydrogen-bond acceptors (Lipinski definition) is 7. The summed E-state index contributed by atoms with van der Waals surface area (Å²) in [6.45, 7) is 4.18. The van der Waals surface area contributed by atoms with Crippen LogP contribution in [0.5, 0.6) is 5.75 Å². The summed E-state index contributed by atoms with van der Waals surface area (Å²) < 4.78 is 30.9. The molecule has 1 aliphatic rings. The van der Waals surface area contributed by atoms with E-state index in [0.717, 1.165) is 27.7 Å². The van der Waals surface area contributed by atoms with Crippen LogP contribution in [0.25, 0.3) is 6.08 Å². The quantitative estimate of drug-likeness (QED) is 0.528. The fourth-order valence-electron chi connectivity index (χ4n) is 3.50. The van der Waals surface area contributed by atoms with E-state index in [-0.39, 0.29) is 23.5 Å². The van der Waals surface area contributed by atoms with E-state index in [1.54, 1.807) is 28.2 Å². The molecule has 0 radical (unpaired) electrons. The predicted molar refractivity (Wildman–Crippen MR) is 125 cm³/mol. The molecule has 1 atom stereocenters. The molecule has 32 heavy (non-hydrogen) atoms. The summed E-state index contributed by atoms with van der Waals surface area (Å²) in [6.07, 6.45) is 3.64. The van der Waals surface area contributed by atoms with E-state index in [1.165, 1.54) is 6.08 Å². The van der Waals surface area contributed by atoms with Crippen LogP contribution < -0.4 is 10.1 Å². The number of carbonyl (C=O) groups excluding carboxylic acids is 1. The molecule has 8 nitrogen and oxygen atoms in total. The molecule has 0 spiro atoms. The van der Waals surface area contributed by atoms with Gasteiger partial charge in [0.25, 0.3) is 0 Å². The topological polar surface area (TPSA) is 103 Å². The highest BCUT2D eigenvalue weighted by Gasteiger charge is 2.31. The molecule has 4 rings (SSSR count). The number of nitrogens with zero attached hydrogens (tertiary/aromatic N) is 3. The van der Waals surface area contributed by atoms with Crippen molar-refractivity contribution in [3.05, 3.63) is 63.7 Å². The number of rotatable bonds is 7. The number of thiazole rings is 1. The van der Waals surface area contributed by atoms with Crippen LogP contribution in [0.2, 0.25) is 0 Å². The molecule has 10 heteroatoms. The van der Waals surface area contributed by atoms with Crippen LogP contribution >= 0.6 is 11.3 Å². The number of aromatic nitrogens is 3. The molecule has 1 fully saturated rings. The summed E-state index contributed by atoms with van der Waals surface area (Å²) >= 11 is 1.59. The van der Waals surface area contributed by atoms with Crippen molar-refractivity contribution in [2.75, 3.05) is 16.8 Å². The van der Waals surface area contributed by atoms with E-state index in [4.69, 9.17) is 4.74 Å². The summed E-state index contributed by atoms with van der Waals surface area (Å²) in [5.74, 6) is 1.10. The van der Waals surface area contributed by atoms with Crippen molar-refractivity contribution in [3.8, 4) is 5.75 Å². The third-order valence-corrected chi connectivity index (χ3v) is 7.60. The summed E-state index contributed by atoms with van der Waals surface area (Å²) in [5, 5.41) is 10.2. The van der Waals surface area contributed by atoms with Crippen molar-refractivity contribution < 1.29 is 17.9 Å². The molecule has 1 saturated heterocycles. The van der Waals surface area contributed by atoms with Gasteiger partial charge in [-0.1, -0.05) is 12.1 Å². The molecule has 2 aromatic heterocycles. The first-order chi connectivity index (χ1) is 15.3. The van der Waals surface area contributed by atoms with Crippen LogP contribution in [0.4, 0.5) is 5.82 Å². The molecule has 0 aliphatic carbocycles. The minimum atomic E-state index is -3.05. The van der Waals surface area contributed by atoms with Crippen LogP contribution in [0.3, 0.4) is 0 Å². The Labute approximate surface area is 190 Å².